The highest BCUT2D eigenvalue weighted by Crippen LogP contribution is 2.25. The van der Waals surface area contributed by atoms with Gasteiger partial charge in [-0.3, -0.25) is 4.68 Å². The van der Waals surface area contributed by atoms with Crippen molar-refractivity contribution in [1.82, 2.24) is 24.9 Å². The van der Waals surface area contributed by atoms with Gasteiger partial charge in [-0.1, -0.05) is 23.4 Å². The van der Waals surface area contributed by atoms with Gasteiger partial charge in [0.25, 0.3) is 0 Å². The van der Waals surface area contributed by atoms with Gasteiger partial charge in [0.1, 0.15) is 40.9 Å². The van der Waals surface area contributed by atoms with Crippen molar-refractivity contribution in [2.45, 2.75) is 6.54 Å². The second-order valence-corrected chi connectivity index (χ2v) is 5.65. The maximum absolute atomic E-state index is 14.1. The fourth-order valence-electron chi connectivity index (χ4n) is 2.59. The van der Waals surface area contributed by atoms with E-state index in [0.717, 1.165) is 0 Å². The highest BCUT2D eigenvalue weighted by Gasteiger charge is 2.17. The third kappa shape index (κ3) is 3.11. The summed E-state index contributed by atoms with van der Waals surface area (Å²) in [6, 6.07) is 11.7. The second kappa shape index (κ2) is 6.68. The number of hydrogen-bond acceptors (Lipinski definition) is 7. The average Bonchev–Trinajstić information content (AvgIpc) is 3.33. The number of rotatable bonds is 4. The Bertz CT molecular complexity index is 1140. The Hall–Kier alpha value is -4.06. The number of hydrogen-bond donors (Lipinski definition) is 1. The summed E-state index contributed by atoms with van der Waals surface area (Å²) in [7, 11) is 0. The minimum absolute atomic E-state index is 0.0640. The number of nitrogens with two attached hydrogens (primary N) is 1. The zero-order chi connectivity index (χ0) is 18.8. The summed E-state index contributed by atoms with van der Waals surface area (Å²) in [6.07, 6.45) is 2.77. The fourth-order valence-corrected chi connectivity index (χ4v) is 2.59. The summed E-state index contributed by atoms with van der Waals surface area (Å²) in [6.45, 7) is 0.181. The van der Waals surface area contributed by atoms with Crippen LogP contribution in [0.1, 0.15) is 11.1 Å². The average molecular weight is 361 g/mol. The van der Waals surface area contributed by atoms with E-state index in [2.05, 4.69) is 20.2 Å². The lowest BCUT2D eigenvalue weighted by Crippen LogP contribution is -2.06. The lowest BCUT2D eigenvalue weighted by atomic mass is 10.2. The van der Waals surface area contributed by atoms with Crippen molar-refractivity contribution in [2.24, 2.45) is 0 Å². The molecule has 0 radical (unpaired) electrons. The van der Waals surface area contributed by atoms with Crippen LogP contribution in [-0.4, -0.2) is 24.9 Å². The van der Waals surface area contributed by atoms with E-state index in [1.165, 1.54) is 18.5 Å². The smallest absolute Gasteiger partial charge is 0.182 e. The number of halogens is 1. The van der Waals surface area contributed by atoms with Crippen molar-refractivity contribution in [2.75, 3.05) is 5.73 Å². The molecule has 0 aliphatic rings. The Labute approximate surface area is 152 Å². The molecule has 0 atom stereocenters. The van der Waals surface area contributed by atoms with Crippen molar-refractivity contribution in [3.8, 4) is 29.0 Å². The van der Waals surface area contributed by atoms with Gasteiger partial charge in [-0.15, -0.1) is 0 Å². The van der Waals surface area contributed by atoms with E-state index in [9.17, 15) is 4.39 Å². The monoisotopic (exact) mass is 361 g/mol. The molecule has 3 aromatic heterocycles. The van der Waals surface area contributed by atoms with Gasteiger partial charge in [-0.2, -0.15) is 10.4 Å². The molecule has 0 unspecified atom stereocenters. The highest BCUT2D eigenvalue weighted by molar-refractivity contribution is 5.64. The molecule has 4 rings (SSSR count). The van der Waals surface area contributed by atoms with Crippen LogP contribution in [0.4, 0.5) is 10.2 Å². The molecule has 0 aliphatic heterocycles. The van der Waals surface area contributed by atoms with Gasteiger partial charge in [0.05, 0.1) is 18.4 Å². The lowest BCUT2D eigenvalue weighted by molar-refractivity contribution is 0.421. The number of nitrogen functional groups attached to an aromatic ring is 1. The zero-order valence-electron chi connectivity index (χ0n) is 13.9. The molecule has 1 aromatic carbocycles. The molecule has 0 fully saturated rings. The summed E-state index contributed by atoms with van der Waals surface area (Å²) >= 11 is 0. The Balaban J connectivity index is 1.80. The number of aromatic nitrogens is 5. The number of benzene rings is 1. The quantitative estimate of drug-likeness (QED) is 0.593. The molecular weight excluding hydrogens is 349 g/mol. The summed E-state index contributed by atoms with van der Waals surface area (Å²) in [5.41, 5.74) is 7.97. The van der Waals surface area contributed by atoms with Crippen molar-refractivity contribution >= 4 is 5.82 Å². The fraction of sp³-hybridized carbons (Fsp3) is 0.0556. The van der Waals surface area contributed by atoms with Crippen molar-refractivity contribution in [3.05, 3.63) is 65.8 Å². The SMILES string of the molecule is N#Cc1cnc(-c2cc(-c3ccon3)n(Cc3ccccc3F)n2)nc1N. The van der Waals surface area contributed by atoms with E-state index in [1.807, 2.05) is 6.07 Å². The molecular formula is C18H12FN7O. The van der Waals surface area contributed by atoms with Crippen LogP contribution in [0.3, 0.4) is 0 Å². The van der Waals surface area contributed by atoms with Crippen LogP contribution >= 0.6 is 0 Å². The summed E-state index contributed by atoms with van der Waals surface area (Å²) < 4.78 is 20.6. The highest BCUT2D eigenvalue weighted by atomic mass is 19.1. The van der Waals surface area contributed by atoms with E-state index in [4.69, 9.17) is 15.5 Å². The molecule has 4 aromatic rings. The van der Waals surface area contributed by atoms with Gasteiger partial charge in [0, 0.05) is 11.6 Å². The van der Waals surface area contributed by atoms with Crippen LogP contribution in [0.2, 0.25) is 0 Å². The van der Waals surface area contributed by atoms with Crippen molar-refractivity contribution in [1.29, 1.82) is 5.26 Å². The van der Waals surface area contributed by atoms with Crippen molar-refractivity contribution in [3.63, 3.8) is 0 Å². The van der Waals surface area contributed by atoms with Gasteiger partial charge in [-0.25, -0.2) is 14.4 Å². The van der Waals surface area contributed by atoms with Gasteiger partial charge < -0.3 is 10.3 Å². The van der Waals surface area contributed by atoms with Crippen LogP contribution in [-0.2, 0) is 6.54 Å². The summed E-state index contributed by atoms with van der Waals surface area (Å²) in [5.74, 6) is -0.0165. The van der Waals surface area contributed by atoms with E-state index < -0.39 is 0 Å². The summed E-state index contributed by atoms with van der Waals surface area (Å²) in [5, 5.41) is 17.4. The normalized spacial score (nSPS) is 10.7. The molecule has 2 N–H and O–H groups in total. The third-order valence-electron chi connectivity index (χ3n) is 3.93. The molecule has 0 aliphatic carbocycles. The first kappa shape index (κ1) is 16.4. The molecule has 132 valence electrons. The molecule has 0 saturated carbocycles. The Morgan fingerprint density at radius 1 is 1.22 bits per heavy atom. The second-order valence-electron chi connectivity index (χ2n) is 5.65. The Morgan fingerprint density at radius 2 is 2.07 bits per heavy atom. The number of nitriles is 1. The maximum atomic E-state index is 14.1. The van der Waals surface area contributed by atoms with Crippen molar-refractivity contribution < 1.29 is 8.91 Å². The molecule has 0 amide bonds. The van der Waals surface area contributed by atoms with Crippen LogP contribution in [0, 0.1) is 17.1 Å². The van der Waals surface area contributed by atoms with Crippen LogP contribution in [0.5, 0.6) is 0 Å². The van der Waals surface area contributed by atoms with Crippen LogP contribution < -0.4 is 5.73 Å². The zero-order valence-corrected chi connectivity index (χ0v) is 13.9. The van der Waals surface area contributed by atoms with Gasteiger partial charge in [0.15, 0.2) is 5.82 Å². The van der Waals surface area contributed by atoms with E-state index in [0.29, 0.717) is 22.6 Å². The van der Waals surface area contributed by atoms with E-state index >= 15 is 0 Å². The molecule has 9 heteroatoms. The first-order valence-corrected chi connectivity index (χ1v) is 7.90. The maximum Gasteiger partial charge on any atom is 0.182 e. The number of anilines is 1. The Kier molecular flexibility index (Phi) is 4.06. The lowest BCUT2D eigenvalue weighted by Gasteiger charge is -2.06. The molecule has 8 nitrogen and oxygen atoms in total. The van der Waals surface area contributed by atoms with Gasteiger partial charge >= 0.3 is 0 Å². The predicted molar refractivity (Wildman–Crippen MR) is 93.4 cm³/mol. The van der Waals surface area contributed by atoms with Crippen LogP contribution in [0.25, 0.3) is 22.9 Å². The Morgan fingerprint density at radius 3 is 2.78 bits per heavy atom. The molecule has 27 heavy (non-hydrogen) atoms. The molecule has 0 saturated heterocycles. The topological polar surface area (TPSA) is 119 Å². The minimum Gasteiger partial charge on any atom is -0.382 e. The van der Waals surface area contributed by atoms with Crippen LogP contribution in [0.15, 0.2) is 53.4 Å². The third-order valence-corrected chi connectivity index (χ3v) is 3.93. The van der Waals surface area contributed by atoms with E-state index in [-0.39, 0.29) is 29.6 Å². The minimum atomic E-state index is -0.334. The summed E-state index contributed by atoms with van der Waals surface area (Å²) in [4.78, 5) is 8.26. The first-order valence-electron chi connectivity index (χ1n) is 7.90. The molecule has 3 heterocycles. The molecule has 0 bridgehead atoms. The van der Waals surface area contributed by atoms with Gasteiger partial charge in [-0.05, 0) is 12.1 Å². The molecule has 0 spiro atoms. The standard InChI is InChI=1S/C18H12FN7O/c19-13-4-2-1-3-11(13)10-26-16(14-5-6-27-25-14)7-15(24-26)18-22-9-12(8-20)17(21)23-18/h1-7,9H,10H2,(H2,21,22,23). The van der Waals surface area contributed by atoms with Gasteiger partial charge in [0.2, 0.25) is 0 Å². The predicted octanol–water partition coefficient (Wildman–Crippen LogP) is 2.64. The van der Waals surface area contributed by atoms with E-state index in [1.54, 1.807) is 35.0 Å². The number of nitrogens with zero attached hydrogens (tertiary/aromatic N) is 6. The largest absolute Gasteiger partial charge is 0.382 e. The first-order chi connectivity index (χ1) is 13.2.